The molecule has 110 valence electrons. The number of hydrogen-bond donors (Lipinski definition) is 1. The Bertz CT molecular complexity index is 314. The van der Waals surface area contributed by atoms with Crippen molar-refractivity contribution in [2.24, 2.45) is 0 Å². The number of H-pyrrole nitrogens is 1. The molecule has 0 saturated heterocycles. The van der Waals surface area contributed by atoms with Crippen LogP contribution in [0.15, 0.2) is 4.60 Å². The Labute approximate surface area is 126 Å². The van der Waals surface area contributed by atoms with Gasteiger partial charge in [0, 0.05) is 12.1 Å². The third kappa shape index (κ3) is 7.76. The largest absolute Gasteiger partial charge is 0.345 e. The van der Waals surface area contributed by atoms with Crippen LogP contribution in [0.2, 0.25) is 0 Å². The standard InChI is InChI=1S/C16H29BrN2/c1-3-4-5-6-7-8-9-10-11-12-13-15-18-14(2)16(17)19-15/h3-13H2,1-2H3,(H,18,19). The number of imidazole rings is 1. The Balaban J connectivity index is 1.88. The van der Waals surface area contributed by atoms with E-state index in [4.69, 9.17) is 0 Å². The van der Waals surface area contributed by atoms with Gasteiger partial charge in [0.25, 0.3) is 0 Å². The van der Waals surface area contributed by atoms with Crippen molar-refractivity contribution in [3.8, 4) is 0 Å². The van der Waals surface area contributed by atoms with Gasteiger partial charge in [-0.15, -0.1) is 0 Å². The van der Waals surface area contributed by atoms with Gasteiger partial charge in [0.2, 0.25) is 0 Å². The lowest BCUT2D eigenvalue weighted by Crippen LogP contribution is -1.89. The Hall–Kier alpha value is -0.310. The number of nitrogens with one attached hydrogen (secondary N) is 1. The van der Waals surface area contributed by atoms with Crippen LogP contribution in [-0.2, 0) is 6.42 Å². The quantitative estimate of drug-likeness (QED) is 0.500. The molecule has 1 N–H and O–H groups in total. The molecular weight excluding hydrogens is 300 g/mol. The zero-order valence-corrected chi connectivity index (χ0v) is 14.2. The van der Waals surface area contributed by atoms with E-state index in [1.165, 1.54) is 64.2 Å². The number of halogens is 1. The van der Waals surface area contributed by atoms with Crippen LogP contribution in [0, 0.1) is 6.92 Å². The van der Waals surface area contributed by atoms with Crippen molar-refractivity contribution in [3.63, 3.8) is 0 Å². The van der Waals surface area contributed by atoms with Crippen LogP contribution >= 0.6 is 15.9 Å². The van der Waals surface area contributed by atoms with Crippen LogP contribution in [0.3, 0.4) is 0 Å². The van der Waals surface area contributed by atoms with Gasteiger partial charge in [-0.1, -0.05) is 64.7 Å². The number of aromatic amines is 1. The predicted octanol–water partition coefficient (Wildman–Crippen LogP) is 5.94. The molecule has 0 fully saturated rings. The highest BCUT2D eigenvalue weighted by molar-refractivity contribution is 9.10. The fraction of sp³-hybridized carbons (Fsp3) is 0.812. The van der Waals surface area contributed by atoms with Crippen molar-refractivity contribution in [1.82, 2.24) is 9.97 Å². The number of nitrogens with zero attached hydrogens (tertiary/aromatic N) is 1. The van der Waals surface area contributed by atoms with E-state index in [1.807, 2.05) is 0 Å². The van der Waals surface area contributed by atoms with E-state index in [-0.39, 0.29) is 0 Å². The molecule has 0 bridgehead atoms. The normalized spacial score (nSPS) is 11.1. The molecule has 0 saturated carbocycles. The molecule has 0 aliphatic rings. The van der Waals surface area contributed by atoms with Crippen molar-refractivity contribution < 1.29 is 0 Å². The molecule has 19 heavy (non-hydrogen) atoms. The summed E-state index contributed by atoms with van der Waals surface area (Å²) in [5.74, 6) is 1.13. The highest BCUT2D eigenvalue weighted by atomic mass is 79.9. The van der Waals surface area contributed by atoms with E-state index in [1.54, 1.807) is 0 Å². The summed E-state index contributed by atoms with van der Waals surface area (Å²) in [6.07, 6.45) is 15.0. The van der Waals surface area contributed by atoms with Crippen molar-refractivity contribution in [2.75, 3.05) is 0 Å². The highest BCUT2D eigenvalue weighted by Gasteiger charge is 2.02. The molecule has 3 heteroatoms. The van der Waals surface area contributed by atoms with Crippen LogP contribution in [-0.4, -0.2) is 9.97 Å². The van der Waals surface area contributed by atoms with Gasteiger partial charge >= 0.3 is 0 Å². The third-order valence-electron chi connectivity index (χ3n) is 3.64. The average molecular weight is 329 g/mol. The monoisotopic (exact) mass is 328 g/mol. The van der Waals surface area contributed by atoms with E-state index >= 15 is 0 Å². The first-order valence-corrected chi connectivity index (χ1v) is 8.74. The van der Waals surface area contributed by atoms with E-state index < -0.39 is 0 Å². The van der Waals surface area contributed by atoms with E-state index in [0.717, 1.165) is 22.5 Å². The fourth-order valence-corrected chi connectivity index (χ4v) is 2.71. The predicted molar refractivity (Wildman–Crippen MR) is 86.6 cm³/mol. The van der Waals surface area contributed by atoms with Crippen LogP contribution in [0.1, 0.15) is 82.7 Å². The first-order valence-electron chi connectivity index (χ1n) is 7.95. The molecule has 0 atom stereocenters. The minimum atomic E-state index is 0.967. The summed E-state index contributed by atoms with van der Waals surface area (Å²) < 4.78 is 0.967. The molecule has 1 rings (SSSR count). The summed E-state index contributed by atoms with van der Waals surface area (Å²) in [4.78, 5) is 7.76. The van der Waals surface area contributed by atoms with Gasteiger partial charge in [-0.3, -0.25) is 0 Å². The lowest BCUT2D eigenvalue weighted by Gasteiger charge is -2.01. The second-order valence-electron chi connectivity index (χ2n) is 5.53. The molecule has 1 heterocycles. The topological polar surface area (TPSA) is 28.7 Å². The molecule has 0 radical (unpaired) electrons. The molecule has 0 unspecified atom stereocenters. The maximum absolute atomic E-state index is 4.45. The summed E-state index contributed by atoms with van der Waals surface area (Å²) >= 11 is 3.44. The lowest BCUT2D eigenvalue weighted by atomic mass is 10.1. The van der Waals surface area contributed by atoms with Gasteiger partial charge in [-0.25, -0.2) is 4.98 Å². The van der Waals surface area contributed by atoms with Crippen LogP contribution in [0.25, 0.3) is 0 Å². The van der Waals surface area contributed by atoms with Gasteiger partial charge in [-0.05, 0) is 29.3 Å². The lowest BCUT2D eigenvalue weighted by molar-refractivity contribution is 0.554. The summed E-state index contributed by atoms with van der Waals surface area (Å²) in [7, 11) is 0. The summed E-state index contributed by atoms with van der Waals surface area (Å²) in [6, 6.07) is 0. The first-order chi connectivity index (χ1) is 9.24. The number of aromatic nitrogens is 2. The van der Waals surface area contributed by atoms with Crippen molar-refractivity contribution in [3.05, 3.63) is 16.1 Å². The number of aryl methyl sites for hydroxylation is 2. The van der Waals surface area contributed by atoms with Gasteiger partial charge in [-0.2, -0.15) is 0 Å². The van der Waals surface area contributed by atoms with Gasteiger partial charge in [0.15, 0.2) is 0 Å². The molecule has 0 spiro atoms. The van der Waals surface area contributed by atoms with Crippen LogP contribution in [0.5, 0.6) is 0 Å². The molecule has 0 aliphatic carbocycles. The summed E-state index contributed by atoms with van der Waals surface area (Å²) in [6.45, 7) is 4.33. The summed E-state index contributed by atoms with van der Waals surface area (Å²) in [5, 5.41) is 0. The van der Waals surface area contributed by atoms with Crippen LogP contribution in [0.4, 0.5) is 0 Å². The van der Waals surface area contributed by atoms with Crippen molar-refractivity contribution >= 4 is 15.9 Å². The fourth-order valence-electron chi connectivity index (χ4n) is 2.40. The van der Waals surface area contributed by atoms with Gasteiger partial charge < -0.3 is 4.98 Å². The van der Waals surface area contributed by atoms with E-state index in [9.17, 15) is 0 Å². The van der Waals surface area contributed by atoms with E-state index in [2.05, 4.69) is 39.7 Å². The number of unbranched alkanes of at least 4 members (excludes halogenated alkanes) is 9. The number of rotatable bonds is 11. The average Bonchev–Trinajstić information content (AvgIpc) is 2.71. The maximum atomic E-state index is 4.45. The molecule has 1 aromatic heterocycles. The Morgan fingerprint density at radius 2 is 1.42 bits per heavy atom. The van der Waals surface area contributed by atoms with Crippen molar-refractivity contribution in [1.29, 1.82) is 0 Å². The zero-order valence-electron chi connectivity index (χ0n) is 12.6. The molecule has 0 amide bonds. The number of hydrogen-bond acceptors (Lipinski definition) is 1. The first kappa shape index (κ1) is 16.7. The smallest absolute Gasteiger partial charge is 0.127 e. The zero-order chi connectivity index (χ0) is 13.9. The second kappa shape index (κ2) is 10.5. The van der Waals surface area contributed by atoms with Crippen molar-refractivity contribution in [2.45, 2.75) is 84.5 Å². The van der Waals surface area contributed by atoms with Crippen LogP contribution < -0.4 is 0 Å². The molecule has 1 aromatic rings. The Morgan fingerprint density at radius 3 is 1.89 bits per heavy atom. The minimum Gasteiger partial charge on any atom is -0.345 e. The molecule has 2 nitrogen and oxygen atoms in total. The van der Waals surface area contributed by atoms with E-state index in [0.29, 0.717) is 0 Å². The molecule has 0 aromatic carbocycles. The van der Waals surface area contributed by atoms with Gasteiger partial charge in [0.05, 0.1) is 0 Å². The minimum absolute atomic E-state index is 0.967. The Morgan fingerprint density at radius 1 is 0.895 bits per heavy atom. The molecular formula is C16H29BrN2. The maximum Gasteiger partial charge on any atom is 0.127 e. The Kier molecular flexibility index (Phi) is 9.23. The SMILES string of the molecule is CCCCCCCCCCCCc1nc(Br)c(C)[nH]1. The highest BCUT2D eigenvalue weighted by Crippen LogP contribution is 2.15. The summed E-state index contributed by atoms with van der Waals surface area (Å²) in [5.41, 5.74) is 1.14. The van der Waals surface area contributed by atoms with Gasteiger partial charge in [0.1, 0.15) is 10.4 Å². The second-order valence-corrected chi connectivity index (χ2v) is 6.28. The molecule has 0 aliphatic heterocycles. The third-order valence-corrected chi connectivity index (χ3v) is 4.41.